The van der Waals surface area contributed by atoms with Gasteiger partial charge in [-0.15, -0.1) is 0 Å². The van der Waals surface area contributed by atoms with Crippen molar-refractivity contribution < 1.29 is 4.57 Å². The zero-order valence-electron chi connectivity index (χ0n) is 16.1. The Hall–Kier alpha value is -1.34. The molecule has 2 rings (SSSR count). The van der Waals surface area contributed by atoms with Crippen LogP contribution in [0.15, 0.2) is 18.2 Å². The Morgan fingerprint density at radius 2 is 1.65 bits per heavy atom. The lowest BCUT2D eigenvalue weighted by atomic mass is 10.0. The van der Waals surface area contributed by atoms with Gasteiger partial charge in [0, 0.05) is 11.0 Å². The molecule has 1 heterocycles. The highest BCUT2D eigenvalue weighted by atomic mass is 31.2. The summed E-state index contributed by atoms with van der Waals surface area (Å²) in [5.74, 6) is 0.463. The maximum atomic E-state index is 12.2. The van der Waals surface area contributed by atoms with E-state index in [0.717, 1.165) is 22.2 Å². The summed E-state index contributed by atoms with van der Waals surface area (Å²) in [4.78, 5) is 0. The van der Waals surface area contributed by atoms with E-state index in [-0.39, 0.29) is 0 Å². The monoisotopic (exact) mass is 334 g/mol. The zero-order chi connectivity index (χ0) is 17.9. The van der Waals surface area contributed by atoms with Crippen LogP contribution < -0.4 is 5.30 Å². The Labute approximate surface area is 141 Å². The van der Waals surface area contributed by atoms with E-state index in [1.807, 2.05) is 50.1 Å². The van der Waals surface area contributed by atoms with E-state index in [9.17, 15) is 4.57 Å². The van der Waals surface area contributed by atoms with Crippen molar-refractivity contribution in [1.82, 2.24) is 9.78 Å². The van der Waals surface area contributed by atoms with Gasteiger partial charge in [-0.05, 0) is 69.3 Å². The quantitative estimate of drug-likeness (QED) is 0.724. The Balaban J connectivity index is 0.00000127. The fraction of sp³-hybridized carbons (Fsp3) is 0.526. The van der Waals surface area contributed by atoms with Crippen LogP contribution in [0.4, 0.5) is 0 Å². The van der Waals surface area contributed by atoms with E-state index in [1.165, 1.54) is 11.3 Å². The van der Waals surface area contributed by atoms with E-state index >= 15 is 0 Å². The van der Waals surface area contributed by atoms with Gasteiger partial charge in [0.15, 0.2) is 0 Å². The Kier molecular flexibility index (Phi) is 6.41. The van der Waals surface area contributed by atoms with Crippen LogP contribution in [0.3, 0.4) is 0 Å². The predicted octanol–water partition coefficient (Wildman–Crippen LogP) is 5.20. The number of aromatic nitrogens is 2. The highest BCUT2D eigenvalue weighted by molar-refractivity contribution is 7.70. The minimum Gasteiger partial charge on any atom is -0.319 e. The Bertz CT molecular complexity index is 723. The average molecular weight is 334 g/mol. The number of benzene rings is 1. The number of hydrogen-bond acceptors (Lipinski definition) is 2. The van der Waals surface area contributed by atoms with Crippen LogP contribution in [0.2, 0.25) is 0 Å². The van der Waals surface area contributed by atoms with Crippen LogP contribution in [0.1, 0.15) is 56.1 Å². The molecule has 23 heavy (non-hydrogen) atoms. The van der Waals surface area contributed by atoms with Crippen LogP contribution in [-0.2, 0) is 4.57 Å². The molecule has 0 amide bonds. The fourth-order valence-electron chi connectivity index (χ4n) is 2.94. The van der Waals surface area contributed by atoms with Gasteiger partial charge in [0.1, 0.15) is 7.14 Å². The number of rotatable bonds is 3. The molecule has 0 unspecified atom stereocenters. The van der Waals surface area contributed by atoms with E-state index in [1.54, 1.807) is 0 Å². The average Bonchev–Trinajstić information content (AvgIpc) is 2.75. The highest BCUT2D eigenvalue weighted by Crippen LogP contribution is 2.35. The summed E-state index contributed by atoms with van der Waals surface area (Å²) < 4.78 is 14.2. The van der Waals surface area contributed by atoms with Gasteiger partial charge in [-0.1, -0.05) is 27.7 Å². The summed E-state index contributed by atoms with van der Waals surface area (Å²) in [5.41, 5.74) is 5.77. The molecule has 0 aliphatic carbocycles. The number of aryl methyl sites for hydroxylation is 2. The zero-order valence-corrected chi connectivity index (χ0v) is 17.0. The second kappa shape index (κ2) is 7.49. The van der Waals surface area contributed by atoms with Gasteiger partial charge in [0.2, 0.25) is 0 Å². The largest absolute Gasteiger partial charge is 0.319 e. The molecule has 0 spiro atoms. The molecule has 4 heteroatoms. The summed E-state index contributed by atoms with van der Waals surface area (Å²) in [6, 6.07) is 6.03. The Morgan fingerprint density at radius 1 is 1.09 bits per heavy atom. The molecular formula is C19H31N2OP. The number of hydrogen-bond donors (Lipinski definition) is 0. The molecule has 2 aromatic rings. The Morgan fingerprint density at radius 3 is 2.04 bits per heavy atom. The first-order valence-electron chi connectivity index (χ1n) is 8.35. The van der Waals surface area contributed by atoms with Crippen LogP contribution in [-0.4, -0.2) is 23.1 Å². The van der Waals surface area contributed by atoms with E-state index in [2.05, 4.69) is 34.6 Å². The first-order chi connectivity index (χ1) is 10.6. The van der Waals surface area contributed by atoms with Crippen LogP contribution in [0.5, 0.6) is 0 Å². The third-order valence-electron chi connectivity index (χ3n) is 3.96. The third kappa shape index (κ3) is 4.14. The molecule has 0 atom stereocenters. The van der Waals surface area contributed by atoms with Crippen LogP contribution >= 0.6 is 7.14 Å². The molecule has 0 saturated carbocycles. The van der Waals surface area contributed by atoms with Crippen molar-refractivity contribution in [2.45, 2.75) is 54.4 Å². The van der Waals surface area contributed by atoms with Crippen molar-refractivity contribution in [2.75, 3.05) is 13.3 Å². The standard InChI is InChI=1S/C17H25N2OP.C2H6/c1-11(2)17-13(4)18-19(14(17)5)16-9-8-15(10-12(16)3)21(6,7)20;1-2/h8-11H,1-7H3;1-2H3. The lowest BCUT2D eigenvalue weighted by molar-refractivity contribution is 0.588. The smallest absolute Gasteiger partial charge is 0.109 e. The maximum Gasteiger partial charge on any atom is 0.109 e. The van der Waals surface area contributed by atoms with Crippen LogP contribution in [0, 0.1) is 20.8 Å². The van der Waals surface area contributed by atoms with Crippen molar-refractivity contribution in [3.63, 3.8) is 0 Å². The van der Waals surface area contributed by atoms with Gasteiger partial charge in [-0.25, -0.2) is 4.68 Å². The van der Waals surface area contributed by atoms with Crippen molar-refractivity contribution in [3.8, 4) is 5.69 Å². The predicted molar refractivity (Wildman–Crippen MR) is 102 cm³/mol. The number of nitrogens with zero attached hydrogens (tertiary/aromatic N) is 2. The van der Waals surface area contributed by atoms with Gasteiger partial charge >= 0.3 is 0 Å². The summed E-state index contributed by atoms with van der Waals surface area (Å²) in [5, 5.41) is 5.63. The van der Waals surface area contributed by atoms with Gasteiger partial charge < -0.3 is 4.57 Å². The first-order valence-corrected chi connectivity index (χ1v) is 11.0. The fourth-order valence-corrected chi connectivity index (χ4v) is 3.88. The summed E-state index contributed by atoms with van der Waals surface area (Å²) in [6.45, 7) is 18.2. The van der Waals surface area contributed by atoms with E-state index < -0.39 is 7.14 Å². The highest BCUT2D eigenvalue weighted by Gasteiger charge is 2.18. The van der Waals surface area contributed by atoms with Crippen molar-refractivity contribution in [3.05, 3.63) is 40.7 Å². The van der Waals surface area contributed by atoms with Crippen LogP contribution in [0.25, 0.3) is 5.69 Å². The molecule has 0 bridgehead atoms. The van der Waals surface area contributed by atoms with Crippen molar-refractivity contribution in [2.24, 2.45) is 0 Å². The molecule has 0 aliphatic heterocycles. The molecule has 0 N–H and O–H groups in total. The summed E-state index contributed by atoms with van der Waals surface area (Å²) in [6.07, 6.45) is 0. The van der Waals surface area contributed by atoms with E-state index in [0.29, 0.717) is 5.92 Å². The lowest BCUT2D eigenvalue weighted by Crippen LogP contribution is -2.08. The normalized spacial score (nSPS) is 11.4. The third-order valence-corrected chi connectivity index (χ3v) is 5.48. The molecule has 1 aromatic heterocycles. The molecule has 0 fully saturated rings. The van der Waals surface area contributed by atoms with Gasteiger partial charge in [0.25, 0.3) is 0 Å². The maximum absolute atomic E-state index is 12.2. The minimum absolute atomic E-state index is 0.463. The molecule has 0 saturated heterocycles. The molecule has 0 aliphatic rings. The van der Waals surface area contributed by atoms with Gasteiger partial charge in [-0.2, -0.15) is 5.10 Å². The second-order valence-electron chi connectivity index (χ2n) is 6.47. The minimum atomic E-state index is -2.22. The molecule has 128 valence electrons. The second-order valence-corrected chi connectivity index (χ2v) is 9.69. The molecule has 3 nitrogen and oxygen atoms in total. The van der Waals surface area contributed by atoms with Crippen molar-refractivity contribution in [1.29, 1.82) is 0 Å². The summed E-state index contributed by atoms with van der Waals surface area (Å²) >= 11 is 0. The van der Waals surface area contributed by atoms with Gasteiger partial charge in [-0.3, -0.25) is 0 Å². The first kappa shape index (κ1) is 19.7. The van der Waals surface area contributed by atoms with Crippen molar-refractivity contribution >= 4 is 12.4 Å². The lowest BCUT2D eigenvalue weighted by Gasteiger charge is -2.13. The molecule has 0 radical (unpaired) electrons. The summed E-state index contributed by atoms with van der Waals surface area (Å²) in [7, 11) is -2.22. The topological polar surface area (TPSA) is 34.9 Å². The van der Waals surface area contributed by atoms with E-state index in [4.69, 9.17) is 5.10 Å². The SMILES string of the molecule is CC.Cc1cc(P(C)(C)=O)ccc1-n1nc(C)c(C(C)C)c1C. The van der Waals surface area contributed by atoms with Gasteiger partial charge in [0.05, 0.1) is 11.4 Å². The molecular weight excluding hydrogens is 303 g/mol. The molecule has 1 aromatic carbocycles.